The molecule has 5 nitrogen and oxygen atoms in total. The number of nitrogens with one attached hydrogen (secondary N) is 2. The van der Waals surface area contributed by atoms with Gasteiger partial charge in [-0.1, -0.05) is 13.3 Å². The van der Waals surface area contributed by atoms with Crippen LogP contribution in [0.25, 0.3) is 0 Å². The largest absolute Gasteiger partial charge is 0.376 e. The molecular formula is C17H24N2O3. The van der Waals surface area contributed by atoms with E-state index in [4.69, 9.17) is 4.74 Å². The summed E-state index contributed by atoms with van der Waals surface area (Å²) in [5, 5.41) is 2.90. The Bertz CT molecular complexity index is 652. The molecule has 1 heterocycles. The van der Waals surface area contributed by atoms with Crippen LogP contribution < -0.4 is 10.9 Å². The Labute approximate surface area is 130 Å². The third-order valence-corrected chi connectivity index (χ3v) is 5.31. The lowest BCUT2D eigenvalue weighted by molar-refractivity contribution is 0.0786. The standard InChI is InChI=1S/C17H24N2O3/c1-4-10-5-6-13-11(7-10)8-12(15(20)18-13)16(21)19-14-9-17(14,2)22-3/h8,10,14H,4-7,9H2,1-3H3,(H,18,20)(H,19,21)/t10?,14-,17+/m1/s1. The Morgan fingerprint density at radius 3 is 2.95 bits per heavy atom. The monoisotopic (exact) mass is 304 g/mol. The van der Waals surface area contributed by atoms with E-state index in [1.54, 1.807) is 13.2 Å². The Morgan fingerprint density at radius 1 is 1.55 bits per heavy atom. The van der Waals surface area contributed by atoms with Gasteiger partial charge in [0.15, 0.2) is 0 Å². The number of ether oxygens (including phenoxy) is 1. The molecular weight excluding hydrogens is 280 g/mol. The molecule has 1 saturated carbocycles. The predicted molar refractivity (Wildman–Crippen MR) is 84.2 cm³/mol. The van der Waals surface area contributed by atoms with E-state index in [1.165, 1.54) is 0 Å². The number of aromatic amines is 1. The molecule has 0 aliphatic heterocycles. The van der Waals surface area contributed by atoms with Gasteiger partial charge < -0.3 is 15.0 Å². The molecule has 0 spiro atoms. The summed E-state index contributed by atoms with van der Waals surface area (Å²) in [7, 11) is 1.64. The first-order valence-electron chi connectivity index (χ1n) is 8.08. The van der Waals surface area contributed by atoms with E-state index in [2.05, 4.69) is 17.2 Å². The Balaban J connectivity index is 1.79. The molecule has 0 radical (unpaired) electrons. The minimum Gasteiger partial charge on any atom is -0.376 e. The number of pyridine rings is 1. The van der Waals surface area contributed by atoms with Gasteiger partial charge in [-0.25, -0.2) is 0 Å². The quantitative estimate of drug-likeness (QED) is 0.891. The molecule has 2 aliphatic rings. The van der Waals surface area contributed by atoms with Gasteiger partial charge in [0.2, 0.25) is 0 Å². The van der Waals surface area contributed by atoms with E-state index in [0.29, 0.717) is 5.92 Å². The van der Waals surface area contributed by atoms with Crippen LogP contribution in [0.5, 0.6) is 0 Å². The van der Waals surface area contributed by atoms with Crippen molar-refractivity contribution in [2.24, 2.45) is 5.92 Å². The van der Waals surface area contributed by atoms with Crippen LogP contribution in [0.1, 0.15) is 54.7 Å². The van der Waals surface area contributed by atoms with Crippen LogP contribution in [0.2, 0.25) is 0 Å². The van der Waals surface area contributed by atoms with Crippen molar-refractivity contribution in [2.75, 3.05) is 7.11 Å². The van der Waals surface area contributed by atoms with E-state index < -0.39 is 0 Å². The maximum Gasteiger partial charge on any atom is 0.261 e. The van der Waals surface area contributed by atoms with Gasteiger partial charge in [-0.05, 0) is 43.7 Å². The highest BCUT2D eigenvalue weighted by molar-refractivity contribution is 5.94. The lowest BCUT2D eigenvalue weighted by Gasteiger charge is -2.23. The number of rotatable bonds is 4. The van der Waals surface area contributed by atoms with Crippen molar-refractivity contribution in [1.82, 2.24) is 10.3 Å². The summed E-state index contributed by atoms with van der Waals surface area (Å²) in [6.07, 6.45) is 4.88. The van der Waals surface area contributed by atoms with Crippen LogP contribution in [-0.4, -0.2) is 29.6 Å². The van der Waals surface area contributed by atoms with Gasteiger partial charge in [-0.3, -0.25) is 9.59 Å². The fourth-order valence-corrected chi connectivity index (χ4v) is 3.31. The number of hydrogen-bond acceptors (Lipinski definition) is 3. The molecule has 1 amide bonds. The van der Waals surface area contributed by atoms with E-state index in [1.807, 2.05) is 6.92 Å². The summed E-state index contributed by atoms with van der Waals surface area (Å²) in [6, 6.07) is 1.78. The highest BCUT2D eigenvalue weighted by atomic mass is 16.5. The molecule has 120 valence electrons. The highest BCUT2D eigenvalue weighted by Gasteiger charge is 2.51. The second-order valence-corrected chi connectivity index (χ2v) is 6.78. The summed E-state index contributed by atoms with van der Waals surface area (Å²) < 4.78 is 5.35. The summed E-state index contributed by atoms with van der Waals surface area (Å²) in [5.74, 6) is 0.350. The molecule has 2 N–H and O–H groups in total. The first kappa shape index (κ1) is 15.3. The molecule has 5 heteroatoms. The second kappa shape index (κ2) is 5.54. The van der Waals surface area contributed by atoms with Crippen LogP contribution in [0.15, 0.2) is 10.9 Å². The number of carbonyl (C=O) groups excluding carboxylic acids is 1. The van der Waals surface area contributed by atoms with Crippen molar-refractivity contribution in [2.45, 2.75) is 57.6 Å². The topological polar surface area (TPSA) is 71.2 Å². The van der Waals surface area contributed by atoms with Crippen molar-refractivity contribution < 1.29 is 9.53 Å². The second-order valence-electron chi connectivity index (χ2n) is 6.78. The van der Waals surface area contributed by atoms with Crippen LogP contribution >= 0.6 is 0 Å². The average Bonchev–Trinajstić information content (AvgIpc) is 3.16. The zero-order valence-corrected chi connectivity index (χ0v) is 13.5. The van der Waals surface area contributed by atoms with Gasteiger partial charge in [0.05, 0.1) is 11.6 Å². The van der Waals surface area contributed by atoms with Gasteiger partial charge in [-0.15, -0.1) is 0 Å². The van der Waals surface area contributed by atoms with Gasteiger partial charge >= 0.3 is 0 Å². The minimum atomic E-state index is -0.298. The molecule has 2 aliphatic carbocycles. The van der Waals surface area contributed by atoms with Gasteiger partial charge in [0.25, 0.3) is 11.5 Å². The van der Waals surface area contributed by atoms with Crippen molar-refractivity contribution in [3.8, 4) is 0 Å². The van der Waals surface area contributed by atoms with Gasteiger partial charge in [0, 0.05) is 19.2 Å². The first-order valence-corrected chi connectivity index (χ1v) is 8.08. The SMILES string of the molecule is CCC1CCc2[nH]c(=O)c(C(=O)N[C@@H]3C[C@]3(C)OC)cc2C1. The fourth-order valence-electron chi connectivity index (χ4n) is 3.31. The zero-order chi connectivity index (χ0) is 15.9. The van der Waals surface area contributed by atoms with E-state index in [-0.39, 0.29) is 28.7 Å². The summed E-state index contributed by atoms with van der Waals surface area (Å²) >= 11 is 0. The number of aryl methyl sites for hydroxylation is 1. The Hall–Kier alpha value is -1.62. The number of hydrogen-bond donors (Lipinski definition) is 2. The van der Waals surface area contributed by atoms with Crippen molar-refractivity contribution in [3.63, 3.8) is 0 Å². The molecule has 1 fully saturated rings. The maximum absolute atomic E-state index is 12.4. The fraction of sp³-hybridized carbons (Fsp3) is 0.647. The van der Waals surface area contributed by atoms with Crippen LogP contribution in [0.3, 0.4) is 0 Å². The minimum absolute atomic E-state index is 0.0103. The van der Waals surface area contributed by atoms with Crippen molar-refractivity contribution in [3.05, 3.63) is 33.2 Å². The number of fused-ring (bicyclic) bond motifs is 1. The van der Waals surface area contributed by atoms with Crippen LogP contribution in [0, 0.1) is 5.92 Å². The third kappa shape index (κ3) is 2.70. The zero-order valence-electron chi connectivity index (χ0n) is 13.5. The molecule has 0 saturated heterocycles. The molecule has 1 aromatic heterocycles. The number of H-pyrrole nitrogens is 1. The van der Waals surface area contributed by atoms with Crippen LogP contribution in [0.4, 0.5) is 0 Å². The Morgan fingerprint density at radius 2 is 2.32 bits per heavy atom. The normalized spacial score (nSPS) is 29.8. The molecule has 1 unspecified atom stereocenters. The van der Waals surface area contributed by atoms with Crippen LogP contribution in [-0.2, 0) is 17.6 Å². The summed E-state index contributed by atoms with van der Waals surface area (Å²) in [6.45, 7) is 4.15. The lowest BCUT2D eigenvalue weighted by Crippen LogP contribution is -2.36. The third-order valence-electron chi connectivity index (χ3n) is 5.31. The van der Waals surface area contributed by atoms with E-state index in [0.717, 1.165) is 43.4 Å². The van der Waals surface area contributed by atoms with Gasteiger partial charge in [0.1, 0.15) is 5.56 Å². The van der Waals surface area contributed by atoms with Crippen molar-refractivity contribution >= 4 is 5.91 Å². The molecule has 22 heavy (non-hydrogen) atoms. The predicted octanol–water partition coefficient (Wildman–Crippen LogP) is 1.80. The number of carbonyl (C=O) groups is 1. The number of methoxy groups -OCH3 is 1. The smallest absolute Gasteiger partial charge is 0.261 e. The average molecular weight is 304 g/mol. The maximum atomic E-state index is 12.4. The van der Waals surface area contributed by atoms with E-state index in [9.17, 15) is 9.59 Å². The summed E-state index contributed by atoms with van der Waals surface area (Å²) in [5.41, 5.74) is 1.77. The lowest BCUT2D eigenvalue weighted by atomic mass is 9.84. The molecule has 1 aromatic rings. The molecule has 3 rings (SSSR count). The first-order chi connectivity index (χ1) is 10.5. The molecule has 3 atom stereocenters. The Kier molecular flexibility index (Phi) is 3.85. The van der Waals surface area contributed by atoms with Crippen molar-refractivity contribution in [1.29, 1.82) is 0 Å². The number of amides is 1. The van der Waals surface area contributed by atoms with Gasteiger partial charge in [-0.2, -0.15) is 0 Å². The highest BCUT2D eigenvalue weighted by Crippen LogP contribution is 2.38. The molecule has 0 bridgehead atoms. The summed E-state index contributed by atoms with van der Waals surface area (Å²) in [4.78, 5) is 27.4. The van der Waals surface area contributed by atoms with E-state index >= 15 is 0 Å². The number of aromatic nitrogens is 1. The molecule has 0 aromatic carbocycles.